The Morgan fingerprint density at radius 1 is 0.839 bits per heavy atom. The lowest BCUT2D eigenvalue weighted by molar-refractivity contribution is 0.108. The highest BCUT2D eigenvalue weighted by atomic mass is 16.6. The van der Waals surface area contributed by atoms with Gasteiger partial charge in [0.2, 0.25) is 0 Å². The van der Waals surface area contributed by atoms with Crippen molar-refractivity contribution < 1.29 is 14.3 Å². The van der Waals surface area contributed by atoms with E-state index in [0.29, 0.717) is 25.4 Å². The number of carbonyl (C=O) groups excluding carboxylic acids is 1. The number of pyridine rings is 2. The van der Waals surface area contributed by atoms with Crippen LogP contribution in [0.2, 0.25) is 0 Å². The first-order valence-corrected chi connectivity index (χ1v) is 10.5. The third-order valence-corrected chi connectivity index (χ3v) is 5.18. The highest BCUT2D eigenvalue weighted by molar-refractivity contribution is 5.70. The maximum atomic E-state index is 12.5. The van der Waals surface area contributed by atoms with Crippen LogP contribution >= 0.6 is 0 Å². The van der Waals surface area contributed by atoms with E-state index in [1.165, 1.54) is 5.56 Å². The summed E-state index contributed by atoms with van der Waals surface area (Å²) >= 11 is 0. The van der Waals surface area contributed by atoms with Gasteiger partial charge in [0.15, 0.2) is 0 Å². The van der Waals surface area contributed by atoms with E-state index in [2.05, 4.69) is 20.9 Å². The van der Waals surface area contributed by atoms with Gasteiger partial charge >= 0.3 is 6.09 Å². The van der Waals surface area contributed by atoms with Gasteiger partial charge in [0, 0.05) is 57.7 Å². The number of amides is 1. The number of nitrogens with zero attached hydrogens (tertiary/aromatic N) is 4. The van der Waals surface area contributed by atoms with Crippen LogP contribution in [0.4, 0.5) is 4.79 Å². The standard InChI is InChI=1S/C24H26N4O3/c29-24(28-14-12-27(13-15-28)19-21-3-1-10-25-17-21)31-22-7-5-20(6-8-22)9-16-30-23-4-2-11-26-18-23/h1-8,10-11,17-18H,9,12-16,19H2. The van der Waals surface area contributed by atoms with Gasteiger partial charge in [-0.25, -0.2) is 4.79 Å². The number of aromatic nitrogens is 2. The Balaban J connectivity index is 1.19. The van der Waals surface area contributed by atoms with Crippen LogP contribution in [0, 0.1) is 0 Å². The Labute approximate surface area is 182 Å². The molecule has 3 aromatic rings. The lowest BCUT2D eigenvalue weighted by Crippen LogP contribution is -2.49. The third kappa shape index (κ3) is 6.26. The molecule has 0 aliphatic carbocycles. The van der Waals surface area contributed by atoms with Gasteiger partial charge in [0.25, 0.3) is 0 Å². The molecule has 7 heteroatoms. The molecule has 1 aromatic carbocycles. The number of hydrogen-bond acceptors (Lipinski definition) is 6. The van der Waals surface area contributed by atoms with Gasteiger partial charge in [0.1, 0.15) is 11.5 Å². The van der Waals surface area contributed by atoms with E-state index in [1.807, 2.05) is 48.7 Å². The summed E-state index contributed by atoms with van der Waals surface area (Å²) in [6, 6.07) is 15.3. The van der Waals surface area contributed by atoms with Crippen LogP contribution in [0.15, 0.2) is 73.3 Å². The summed E-state index contributed by atoms with van der Waals surface area (Å²) < 4.78 is 11.2. The number of piperazine rings is 1. The van der Waals surface area contributed by atoms with Crippen molar-refractivity contribution in [3.05, 3.63) is 84.4 Å². The summed E-state index contributed by atoms with van der Waals surface area (Å²) in [6.07, 6.45) is 7.54. The molecule has 0 saturated carbocycles. The van der Waals surface area contributed by atoms with Crippen molar-refractivity contribution in [3.8, 4) is 11.5 Å². The number of benzene rings is 1. The van der Waals surface area contributed by atoms with Crippen LogP contribution in [0.1, 0.15) is 11.1 Å². The predicted molar refractivity (Wildman–Crippen MR) is 117 cm³/mol. The zero-order valence-electron chi connectivity index (χ0n) is 17.4. The van der Waals surface area contributed by atoms with Gasteiger partial charge in [-0.15, -0.1) is 0 Å². The zero-order chi connectivity index (χ0) is 21.3. The van der Waals surface area contributed by atoms with Gasteiger partial charge in [-0.3, -0.25) is 14.9 Å². The van der Waals surface area contributed by atoms with E-state index in [1.54, 1.807) is 23.5 Å². The second-order valence-electron chi connectivity index (χ2n) is 7.42. The fourth-order valence-electron chi connectivity index (χ4n) is 3.45. The number of ether oxygens (including phenoxy) is 2. The molecule has 0 bridgehead atoms. The van der Waals surface area contributed by atoms with Crippen molar-refractivity contribution in [3.63, 3.8) is 0 Å². The molecular formula is C24H26N4O3. The monoisotopic (exact) mass is 418 g/mol. The normalized spacial score (nSPS) is 14.3. The summed E-state index contributed by atoms with van der Waals surface area (Å²) in [4.78, 5) is 24.8. The average molecular weight is 418 g/mol. The highest BCUT2D eigenvalue weighted by Crippen LogP contribution is 2.16. The van der Waals surface area contributed by atoms with Crippen LogP contribution in [0.5, 0.6) is 11.5 Å². The first-order chi connectivity index (χ1) is 15.3. The Bertz CT molecular complexity index is 944. The molecule has 1 amide bonds. The molecule has 0 spiro atoms. The van der Waals surface area contributed by atoms with E-state index in [0.717, 1.165) is 37.4 Å². The van der Waals surface area contributed by atoms with Crippen molar-refractivity contribution in [1.82, 2.24) is 19.8 Å². The number of carbonyl (C=O) groups is 1. The largest absolute Gasteiger partial charge is 0.492 e. The van der Waals surface area contributed by atoms with Gasteiger partial charge in [-0.05, 0) is 41.5 Å². The molecule has 0 radical (unpaired) electrons. The van der Waals surface area contributed by atoms with Crippen LogP contribution in [-0.2, 0) is 13.0 Å². The Morgan fingerprint density at radius 3 is 2.26 bits per heavy atom. The summed E-state index contributed by atoms with van der Waals surface area (Å²) in [5.41, 5.74) is 2.30. The van der Waals surface area contributed by atoms with Crippen LogP contribution < -0.4 is 9.47 Å². The molecule has 1 aliphatic rings. The first-order valence-electron chi connectivity index (χ1n) is 10.5. The third-order valence-electron chi connectivity index (χ3n) is 5.18. The minimum absolute atomic E-state index is 0.298. The van der Waals surface area contributed by atoms with Gasteiger partial charge < -0.3 is 14.4 Å². The number of rotatable bonds is 7. The first kappa shape index (κ1) is 20.8. The highest BCUT2D eigenvalue weighted by Gasteiger charge is 2.22. The van der Waals surface area contributed by atoms with Crippen LogP contribution in [-0.4, -0.2) is 58.6 Å². The second-order valence-corrected chi connectivity index (χ2v) is 7.42. The fraction of sp³-hybridized carbons (Fsp3) is 0.292. The van der Waals surface area contributed by atoms with Crippen molar-refractivity contribution in [1.29, 1.82) is 0 Å². The molecule has 0 atom stereocenters. The Kier molecular flexibility index (Phi) is 7.08. The van der Waals surface area contributed by atoms with Crippen molar-refractivity contribution in [2.45, 2.75) is 13.0 Å². The van der Waals surface area contributed by atoms with Crippen molar-refractivity contribution in [2.24, 2.45) is 0 Å². The van der Waals surface area contributed by atoms with E-state index >= 15 is 0 Å². The van der Waals surface area contributed by atoms with Crippen molar-refractivity contribution in [2.75, 3.05) is 32.8 Å². The SMILES string of the molecule is O=C(Oc1ccc(CCOc2cccnc2)cc1)N1CCN(Cc2cccnc2)CC1. The molecular weight excluding hydrogens is 392 g/mol. The smallest absolute Gasteiger partial charge is 0.415 e. The van der Waals surface area contributed by atoms with E-state index < -0.39 is 0 Å². The van der Waals surface area contributed by atoms with Crippen LogP contribution in [0.25, 0.3) is 0 Å². The minimum atomic E-state index is -0.298. The van der Waals surface area contributed by atoms with Gasteiger partial charge in [-0.1, -0.05) is 18.2 Å². The summed E-state index contributed by atoms with van der Waals surface area (Å²) in [7, 11) is 0. The second kappa shape index (κ2) is 10.5. The zero-order valence-corrected chi connectivity index (χ0v) is 17.4. The summed E-state index contributed by atoms with van der Waals surface area (Å²) in [5.74, 6) is 1.31. The molecule has 4 rings (SSSR count). The van der Waals surface area contributed by atoms with E-state index in [4.69, 9.17) is 9.47 Å². The molecule has 1 fully saturated rings. The van der Waals surface area contributed by atoms with Crippen LogP contribution in [0.3, 0.4) is 0 Å². The number of hydrogen-bond donors (Lipinski definition) is 0. The van der Waals surface area contributed by atoms with Gasteiger partial charge in [0.05, 0.1) is 12.8 Å². The lowest BCUT2D eigenvalue weighted by Gasteiger charge is -2.33. The molecule has 7 nitrogen and oxygen atoms in total. The minimum Gasteiger partial charge on any atom is -0.492 e. The maximum Gasteiger partial charge on any atom is 0.415 e. The Morgan fingerprint density at radius 2 is 1.58 bits per heavy atom. The predicted octanol–water partition coefficient (Wildman–Crippen LogP) is 3.41. The molecule has 3 heterocycles. The maximum absolute atomic E-state index is 12.5. The molecule has 0 unspecified atom stereocenters. The summed E-state index contributed by atoms with van der Waals surface area (Å²) in [6.45, 7) is 4.36. The summed E-state index contributed by atoms with van der Waals surface area (Å²) in [5, 5.41) is 0. The van der Waals surface area contributed by atoms with E-state index in [9.17, 15) is 4.79 Å². The van der Waals surface area contributed by atoms with Gasteiger partial charge in [-0.2, -0.15) is 0 Å². The Hall–Kier alpha value is -3.45. The fourth-order valence-corrected chi connectivity index (χ4v) is 3.45. The quantitative estimate of drug-likeness (QED) is 0.586. The molecule has 0 N–H and O–H groups in total. The molecule has 2 aromatic heterocycles. The lowest BCUT2D eigenvalue weighted by atomic mass is 10.1. The molecule has 1 saturated heterocycles. The molecule has 1 aliphatic heterocycles. The molecule has 160 valence electrons. The molecule has 31 heavy (non-hydrogen) atoms. The topological polar surface area (TPSA) is 67.8 Å². The van der Waals surface area contributed by atoms with E-state index in [-0.39, 0.29) is 6.09 Å². The van der Waals surface area contributed by atoms with Crippen molar-refractivity contribution >= 4 is 6.09 Å². The average Bonchev–Trinajstić information content (AvgIpc) is 2.82.